The molecule has 3 nitrogen and oxygen atoms in total. The van der Waals surface area contributed by atoms with Gasteiger partial charge in [-0.25, -0.2) is 0 Å². The molecule has 0 radical (unpaired) electrons. The number of fused-ring (bicyclic) bond motifs is 1. The second-order valence-electron chi connectivity index (χ2n) is 3.97. The van der Waals surface area contributed by atoms with Gasteiger partial charge in [0.15, 0.2) is 0 Å². The van der Waals surface area contributed by atoms with E-state index in [1.807, 2.05) is 30.3 Å². The van der Waals surface area contributed by atoms with Gasteiger partial charge in [-0.1, -0.05) is 30.3 Å². The van der Waals surface area contributed by atoms with Crippen molar-refractivity contribution >= 4 is 27.5 Å². The van der Waals surface area contributed by atoms with Crippen molar-refractivity contribution in [3.8, 4) is 11.3 Å². The molecule has 3 rings (SSSR count). The molecule has 0 aliphatic carbocycles. The molecule has 0 aliphatic rings. The Morgan fingerprint density at radius 1 is 1.06 bits per heavy atom. The molecule has 0 fully saturated rings. The Morgan fingerprint density at radius 2 is 1.78 bits per heavy atom. The lowest BCUT2D eigenvalue weighted by atomic mass is 10.1. The number of carbonyl (C=O) groups is 1. The SMILES string of the molecule is NC(=O)c1ccc(-c2nsc3ccccc23)cc1. The van der Waals surface area contributed by atoms with Crippen molar-refractivity contribution in [2.24, 2.45) is 5.73 Å². The van der Waals surface area contributed by atoms with Gasteiger partial charge in [-0.3, -0.25) is 4.79 Å². The van der Waals surface area contributed by atoms with E-state index in [1.54, 1.807) is 12.1 Å². The van der Waals surface area contributed by atoms with Gasteiger partial charge in [-0.15, -0.1) is 0 Å². The molecule has 0 saturated heterocycles. The number of hydrogen-bond donors (Lipinski definition) is 1. The number of nitrogens with two attached hydrogens (primary N) is 1. The molecule has 0 atom stereocenters. The summed E-state index contributed by atoms with van der Waals surface area (Å²) in [5, 5.41) is 1.13. The summed E-state index contributed by atoms with van der Waals surface area (Å²) < 4.78 is 5.62. The summed E-state index contributed by atoms with van der Waals surface area (Å²) in [5.41, 5.74) is 7.68. The van der Waals surface area contributed by atoms with Crippen LogP contribution in [0.3, 0.4) is 0 Å². The molecule has 0 unspecified atom stereocenters. The first-order valence-electron chi connectivity index (χ1n) is 5.50. The Kier molecular flexibility index (Phi) is 2.57. The molecule has 0 aliphatic heterocycles. The van der Waals surface area contributed by atoms with Gasteiger partial charge in [-0.2, -0.15) is 4.37 Å². The van der Waals surface area contributed by atoms with Crippen LogP contribution in [-0.2, 0) is 0 Å². The van der Waals surface area contributed by atoms with Crippen LogP contribution in [0.25, 0.3) is 21.3 Å². The summed E-state index contributed by atoms with van der Waals surface area (Å²) in [6.07, 6.45) is 0. The third kappa shape index (κ3) is 1.76. The zero-order valence-electron chi connectivity index (χ0n) is 9.46. The predicted molar refractivity (Wildman–Crippen MR) is 73.6 cm³/mol. The smallest absolute Gasteiger partial charge is 0.248 e. The lowest BCUT2D eigenvalue weighted by Crippen LogP contribution is -2.10. The number of benzene rings is 2. The highest BCUT2D eigenvalue weighted by molar-refractivity contribution is 7.13. The van der Waals surface area contributed by atoms with Crippen LogP contribution in [0.5, 0.6) is 0 Å². The molecule has 4 heteroatoms. The Balaban J connectivity index is 2.12. The average Bonchev–Trinajstić information content (AvgIpc) is 2.82. The number of hydrogen-bond acceptors (Lipinski definition) is 3. The summed E-state index contributed by atoms with van der Waals surface area (Å²) >= 11 is 1.48. The molecular formula is C14H10N2OS. The first kappa shape index (κ1) is 10.9. The van der Waals surface area contributed by atoms with Gasteiger partial charge in [0.05, 0.1) is 10.4 Å². The molecule has 88 valence electrons. The van der Waals surface area contributed by atoms with Crippen LogP contribution in [0.15, 0.2) is 48.5 Å². The summed E-state index contributed by atoms with van der Waals surface area (Å²) in [4.78, 5) is 11.0. The lowest BCUT2D eigenvalue weighted by molar-refractivity contribution is 0.100. The van der Waals surface area contributed by atoms with Crippen molar-refractivity contribution in [1.82, 2.24) is 4.37 Å². The lowest BCUT2D eigenvalue weighted by Gasteiger charge is -1.99. The molecule has 0 bridgehead atoms. The Bertz CT molecular complexity index is 716. The van der Waals surface area contributed by atoms with Crippen LogP contribution in [0.2, 0.25) is 0 Å². The second-order valence-corrected chi connectivity index (χ2v) is 4.77. The summed E-state index contributed by atoms with van der Waals surface area (Å²) in [6, 6.07) is 15.3. The first-order valence-corrected chi connectivity index (χ1v) is 6.28. The molecule has 18 heavy (non-hydrogen) atoms. The van der Waals surface area contributed by atoms with E-state index < -0.39 is 5.91 Å². The fourth-order valence-corrected chi connectivity index (χ4v) is 2.68. The number of carbonyl (C=O) groups excluding carboxylic acids is 1. The Hall–Kier alpha value is -2.20. The minimum Gasteiger partial charge on any atom is -0.366 e. The summed E-state index contributed by atoms with van der Waals surface area (Å²) in [7, 11) is 0. The van der Waals surface area contributed by atoms with E-state index in [9.17, 15) is 4.79 Å². The largest absolute Gasteiger partial charge is 0.366 e. The molecule has 3 aromatic rings. The maximum absolute atomic E-state index is 11.0. The number of amides is 1. The van der Waals surface area contributed by atoms with Crippen LogP contribution in [0, 0.1) is 0 Å². The Labute approximate surface area is 108 Å². The highest BCUT2D eigenvalue weighted by Crippen LogP contribution is 2.30. The van der Waals surface area contributed by atoms with Crippen LogP contribution < -0.4 is 5.73 Å². The number of nitrogens with zero attached hydrogens (tertiary/aromatic N) is 1. The number of rotatable bonds is 2. The van der Waals surface area contributed by atoms with E-state index in [-0.39, 0.29) is 0 Å². The fourth-order valence-electron chi connectivity index (χ4n) is 1.89. The third-order valence-electron chi connectivity index (χ3n) is 2.82. The van der Waals surface area contributed by atoms with E-state index in [1.165, 1.54) is 11.5 Å². The monoisotopic (exact) mass is 254 g/mol. The average molecular weight is 254 g/mol. The van der Waals surface area contributed by atoms with Gasteiger partial charge in [-0.05, 0) is 29.7 Å². The van der Waals surface area contributed by atoms with E-state index >= 15 is 0 Å². The topological polar surface area (TPSA) is 56.0 Å². The molecule has 1 aromatic heterocycles. The molecule has 1 heterocycles. The van der Waals surface area contributed by atoms with Crippen molar-refractivity contribution in [2.75, 3.05) is 0 Å². The predicted octanol–water partition coefficient (Wildman–Crippen LogP) is 3.06. The normalized spacial score (nSPS) is 10.7. The molecule has 2 aromatic carbocycles. The van der Waals surface area contributed by atoms with E-state index in [2.05, 4.69) is 10.4 Å². The van der Waals surface area contributed by atoms with Crippen LogP contribution in [0.4, 0.5) is 0 Å². The zero-order chi connectivity index (χ0) is 12.5. The maximum atomic E-state index is 11.0. The molecule has 2 N–H and O–H groups in total. The van der Waals surface area contributed by atoms with Gasteiger partial charge in [0.1, 0.15) is 0 Å². The highest BCUT2D eigenvalue weighted by Gasteiger charge is 2.08. The zero-order valence-corrected chi connectivity index (χ0v) is 10.3. The standard InChI is InChI=1S/C14H10N2OS/c15-14(17)10-7-5-9(6-8-10)13-11-3-1-2-4-12(11)18-16-13/h1-8H,(H2,15,17). The molecule has 0 saturated carbocycles. The van der Waals surface area contributed by atoms with Gasteiger partial charge in [0, 0.05) is 16.5 Å². The van der Waals surface area contributed by atoms with Crippen molar-refractivity contribution in [1.29, 1.82) is 0 Å². The van der Waals surface area contributed by atoms with E-state index in [0.717, 1.165) is 21.3 Å². The first-order chi connectivity index (χ1) is 8.75. The Morgan fingerprint density at radius 3 is 2.50 bits per heavy atom. The summed E-state index contributed by atoms with van der Waals surface area (Å²) in [6.45, 7) is 0. The fraction of sp³-hybridized carbons (Fsp3) is 0. The second kappa shape index (κ2) is 4.23. The van der Waals surface area contributed by atoms with E-state index in [4.69, 9.17) is 5.73 Å². The number of primary amides is 1. The van der Waals surface area contributed by atoms with Crippen LogP contribution in [0.1, 0.15) is 10.4 Å². The van der Waals surface area contributed by atoms with Crippen molar-refractivity contribution in [2.45, 2.75) is 0 Å². The van der Waals surface area contributed by atoms with E-state index in [0.29, 0.717) is 5.56 Å². The minimum absolute atomic E-state index is 0.412. The van der Waals surface area contributed by atoms with Crippen LogP contribution >= 0.6 is 11.5 Å². The third-order valence-corrected chi connectivity index (χ3v) is 3.65. The highest BCUT2D eigenvalue weighted by atomic mass is 32.1. The molecule has 1 amide bonds. The van der Waals surface area contributed by atoms with Crippen molar-refractivity contribution in [3.63, 3.8) is 0 Å². The van der Waals surface area contributed by atoms with Gasteiger partial charge < -0.3 is 5.73 Å². The van der Waals surface area contributed by atoms with Gasteiger partial charge in [0.25, 0.3) is 0 Å². The van der Waals surface area contributed by atoms with Crippen LogP contribution in [-0.4, -0.2) is 10.3 Å². The van der Waals surface area contributed by atoms with Gasteiger partial charge >= 0.3 is 0 Å². The summed E-state index contributed by atoms with van der Waals surface area (Å²) in [5.74, 6) is -0.412. The minimum atomic E-state index is -0.412. The quantitative estimate of drug-likeness (QED) is 0.764. The van der Waals surface area contributed by atoms with Gasteiger partial charge in [0.2, 0.25) is 5.91 Å². The number of aromatic nitrogens is 1. The van der Waals surface area contributed by atoms with Crippen molar-refractivity contribution in [3.05, 3.63) is 54.1 Å². The molecule has 0 spiro atoms. The van der Waals surface area contributed by atoms with Crippen molar-refractivity contribution < 1.29 is 4.79 Å². The maximum Gasteiger partial charge on any atom is 0.248 e. The molecular weight excluding hydrogens is 244 g/mol.